The third kappa shape index (κ3) is 6.85. The molecule has 14 heteroatoms. The number of alkyl halides is 5. The third-order valence-electron chi connectivity index (χ3n) is 7.58. The van der Waals surface area contributed by atoms with Gasteiger partial charge >= 0.3 is 6.18 Å². The van der Waals surface area contributed by atoms with Crippen LogP contribution >= 0.6 is 0 Å². The van der Waals surface area contributed by atoms with E-state index in [0.717, 1.165) is 6.07 Å². The number of likely N-dealkylation sites (tertiary alicyclic amines) is 1. The van der Waals surface area contributed by atoms with Crippen molar-refractivity contribution in [3.63, 3.8) is 0 Å². The quantitative estimate of drug-likeness (QED) is 0.306. The van der Waals surface area contributed by atoms with Crippen molar-refractivity contribution >= 4 is 29.1 Å². The van der Waals surface area contributed by atoms with Crippen LogP contribution in [-0.4, -0.2) is 62.1 Å². The predicted octanol–water partition coefficient (Wildman–Crippen LogP) is 4.77. The van der Waals surface area contributed by atoms with Crippen molar-refractivity contribution < 1.29 is 31.5 Å². The Balaban J connectivity index is 1.35. The Morgan fingerprint density at radius 1 is 1.16 bits per heavy atom. The van der Waals surface area contributed by atoms with Crippen LogP contribution in [0.25, 0.3) is 22.3 Å². The number of imidazole rings is 1. The molecule has 0 bridgehead atoms. The molecule has 232 valence electrons. The molecule has 4 heterocycles. The summed E-state index contributed by atoms with van der Waals surface area (Å²) in [4.78, 5) is 39.1. The van der Waals surface area contributed by atoms with Crippen LogP contribution in [0.3, 0.4) is 0 Å². The van der Waals surface area contributed by atoms with Crippen molar-refractivity contribution in [3.05, 3.63) is 71.2 Å². The molecule has 1 saturated heterocycles. The molecular weight excluding hydrogens is 585 g/mol. The highest BCUT2D eigenvalue weighted by Gasteiger charge is 2.37. The zero-order valence-corrected chi connectivity index (χ0v) is 24.0. The van der Waals surface area contributed by atoms with Crippen LogP contribution in [0, 0.1) is 0 Å². The lowest BCUT2D eigenvalue weighted by Gasteiger charge is -2.31. The standard InChI is InChI=1S/C30H30F5N7O2/c1-28(36)8-7-18(15-39-28)3-6-25(43)38-17-24-40-26-21(30(33,34)35)13-20(14-23(26)41(24)2)22-5-4-19(16-37-22)27(44)42-11-9-29(31,32)10-12-42/h3-7,13-16H,8-12,17,36H2,1-2H3,(H,38,43)/b6-3+. The van der Waals surface area contributed by atoms with Gasteiger partial charge in [-0.1, -0.05) is 6.08 Å². The Bertz CT molecular complexity index is 1680. The maximum absolute atomic E-state index is 14.1. The van der Waals surface area contributed by atoms with Gasteiger partial charge in [0, 0.05) is 63.5 Å². The number of carbonyl (C=O) groups is 2. The number of piperidine rings is 1. The number of amides is 2. The number of nitrogens with zero attached hydrogens (tertiary/aromatic N) is 5. The number of hydrogen-bond acceptors (Lipinski definition) is 6. The topological polar surface area (TPSA) is 118 Å². The van der Waals surface area contributed by atoms with Crippen molar-refractivity contribution in [2.45, 2.75) is 50.5 Å². The Labute approximate surface area is 249 Å². The first-order valence-corrected chi connectivity index (χ1v) is 13.8. The molecular formula is C30H30F5N7O2. The Hall–Kier alpha value is -4.46. The van der Waals surface area contributed by atoms with Crippen molar-refractivity contribution in [3.8, 4) is 11.3 Å². The number of aryl methyl sites for hydroxylation is 1. The summed E-state index contributed by atoms with van der Waals surface area (Å²) in [5, 5.41) is 2.63. The number of aliphatic imine (C=N–C) groups is 1. The fourth-order valence-electron chi connectivity index (χ4n) is 4.93. The number of hydrogen-bond donors (Lipinski definition) is 2. The molecule has 3 N–H and O–H groups in total. The second kappa shape index (κ2) is 11.6. The van der Waals surface area contributed by atoms with Gasteiger partial charge in [-0.15, -0.1) is 0 Å². The molecule has 5 rings (SSSR count). The number of rotatable bonds is 6. The summed E-state index contributed by atoms with van der Waals surface area (Å²) in [5.74, 6) is -3.55. The molecule has 0 aliphatic carbocycles. The number of benzene rings is 1. The lowest BCUT2D eigenvalue weighted by molar-refractivity contribution is -0.136. The summed E-state index contributed by atoms with van der Waals surface area (Å²) < 4.78 is 70.8. The first-order valence-electron chi connectivity index (χ1n) is 13.8. The lowest BCUT2D eigenvalue weighted by Crippen LogP contribution is -2.42. The average molecular weight is 616 g/mol. The van der Waals surface area contributed by atoms with Crippen molar-refractivity contribution in [2.24, 2.45) is 17.8 Å². The van der Waals surface area contributed by atoms with Gasteiger partial charge in [0.05, 0.1) is 28.9 Å². The van der Waals surface area contributed by atoms with Crippen LogP contribution in [0.15, 0.2) is 59.3 Å². The molecule has 2 aliphatic rings. The third-order valence-corrected chi connectivity index (χ3v) is 7.58. The zero-order chi connectivity index (χ0) is 31.9. The molecule has 2 amide bonds. The fraction of sp³-hybridized carbons (Fsp3) is 0.367. The highest BCUT2D eigenvalue weighted by atomic mass is 19.4. The van der Waals surface area contributed by atoms with Gasteiger partial charge in [0.15, 0.2) is 0 Å². The number of nitrogens with one attached hydrogen (secondary N) is 1. The maximum Gasteiger partial charge on any atom is 0.418 e. The van der Waals surface area contributed by atoms with E-state index >= 15 is 0 Å². The Morgan fingerprint density at radius 3 is 2.50 bits per heavy atom. The Morgan fingerprint density at radius 2 is 1.89 bits per heavy atom. The van der Waals surface area contributed by atoms with Gasteiger partial charge in [0.25, 0.3) is 11.8 Å². The number of aromatic nitrogens is 3. The molecule has 44 heavy (non-hydrogen) atoms. The van der Waals surface area contributed by atoms with Crippen LogP contribution in [-0.2, 0) is 24.6 Å². The molecule has 1 unspecified atom stereocenters. The SMILES string of the molecule is Cn1c(CNC(=O)/C=C/C2=CCC(C)(N)N=C2)nc2c(C(F)(F)F)cc(-c3ccc(C(=O)N4CCC(F)(F)CC4)cn3)cc21. The van der Waals surface area contributed by atoms with E-state index in [1.807, 2.05) is 6.08 Å². The van der Waals surface area contributed by atoms with E-state index in [1.165, 1.54) is 39.9 Å². The number of dihydropyridines is 1. The number of halogens is 5. The van der Waals surface area contributed by atoms with E-state index in [2.05, 4.69) is 20.3 Å². The lowest BCUT2D eigenvalue weighted by atomic mass is 10.0. The van der Waals surface area contributed by atoms with Crippen molar-refractivity contribution in [1.82, 2.24) is 24.8 Å². The van der Waals surface area contributed by atoms with Crippen LogP contribution < -0.4 is 11.1 Å². The molecule has 1 fully saturated rings. The second-order valence-corrected chi connectivity index (χ2v) is 11.1. The second-order valence-electron chi connectivity index (χ2n) is 11.1. The summed E-state index contributed by atoms with van der Waals surface area (Å²) in [6.07, 6.45) is 2.39. The summed E-state index contributed by atoms with van der Waals surface area (Å²) in [7, 11) is 1.54. The van der Waals surface area contributed by atoms with Gasteiger partial charge < -0.3 is 20.5 Å². The van der Waals surface area contributed by atoms with Crippen molar-refractivity contribution in [2.75, 3.05) is 13.1 Å². The van der Waals surface area contributed by atoms with Gasteiger partial charge in [0.2, 0.25) is 5.91 Å². The maximum atomic E-state index is 14.1. The number of fused-ring (bicyclic) bond motifs is 1. The van der Waals surface area contributed by atoms with E-state index in [1.54, 1.807) is 26.3 Å². The molecule has 0 radical (unpaired) electrons. The molecule has 0 spiro atoms. The molecule has 1 atom stereocenters. The van der Waals surface area contributed by atoms with Crippen LogP contribution in [0.1, 0.15) is 47.9 Å². The monoisotopic (exact) mass is 615 g/mol. The van der Waals surface area contributed by atoms with Gasteiger partial charge in [-0.05, 0) is 42.8 Å². The van der Waals surface area contributed by atoms with E-state index in [4.69, 9.17) is 5.73 Å². The fourth-order valence-corrected chi connectivity index (χ4v) is 4.93. The molecule has 1 aromatic carbocycles. The molecule has 3 aromatic rings. The number of carbonyl (C=O) groups excluding carboxylic acids is 2. The largest absolute Gasteiger partial charge is 0.418 e. The summed E-state index contributed by atoms with van der Waals surface area (Å²) in [6.45, 7) is 1.45. The van der Waals surface area contributed by atoms with E-state index in [-0.39, 0.29) is 53.3 Å². The molecule has 9 nitrogen and oxygen atoms in total. The van der Waals surface area contributed by atoms with Crippen LogP contribution in [0.4, 0.5) is 22.0 Å². The number of nitrogens with two attached hydrogens (primary N) is 1. The predicted molar refractivity (Wildman–Crippen MR) is 154 cm³/mol. The smallest absolute Gasteiger partial charge is 0.345 e. The van der Waals surface area contributed by atoms with Crippen LogP contribution in [0.5, 0.6) is 0 Å². The number of allylic oxidation sites excluding steroid dienone is 2. The van der Waals surface area contributed by atoms with Gasteiger partial charge in [0.1, 0.15) is 17.0 Å². The normalized spacial score (nSPS) is 20.3. The molecule has 2 aromatic heterocycles. The summed E-state index contributed by atoms with van der Waals surface area (Å²) in [6, 6.07) is 5.26. The van der Waals surface area contributed by atoms with E-state index in [0.29, 0.717) is 12.0 Å². The minimum Gasteiger partial charge on any atom is -0.345 e. The molecule has 0 saturated carbocycles. The van der Waals surface area contributed by atoms with Gasteiger partial charge in [-0.3, -0.25) is 19.6 Å². The van der Waals surface area contributed by atoms with Gasteiger partial charge in [-0.2, -0.15) is 13.2 Å². The van der Waals surface area contributed by atoms with Crippen LogP contribution in [0.2, 0.25) is 0 Å². The minimum atomic E-state index is -4.74. The highest BCUT2D eigenvalue weighted by Crippen LogP contribution is 2.38. The van der Waals surface area contributed by atoms with E-state index < -0.39 is 48.0 Å². The van der Waals surface area contributed by atoms with E-state index in [9.17, 15) is 31.5 Å². The highest BCUT2D eigenvalue weighted by molar-refractivity contribution is 5.94. The first-order chi connectivity index (χ1) is 20.6. The van der Waals surface area contributed by atoms with Crippen molar-refractivity contribution in [1.29, 1.82) is 0 Å². The number of pyridine rings is 1. The Kier molecular flexibility index (Phi) is 8.14. The molecule has 2 aliphatic heterocycles. The summed E-state index contributed by atoms with van der Waals surface area (Å²) >= 11 is 0. The average Bonchev–Trinajstić information content (AvgIpc) is 3.29. The summed E-state index contributed by atoms with van der Waals surface area (Å²) in [5.41, 5.74) is 5.30. The zero-order valence-electron chi connectivity index (χ0n) is 24.0. The first kappa shape index (κ1) is 31.0. The minimum absolute atomic E-state index is 0.0972. The van der Waals surface area contributed by atoms with Gasteiger partial charge in [-0.25, -0.2) is 13.8 Å².